The van der Waals surface area contributed by atoms with Crippen LogP contribution in [0.4, 0.5) is 5.82 Å². The number of esters is 1. The number of pyridine rings is 1. The van der Waals surface area contributed by atoms with Gasteiger partial charge in [0.15, 0.2) is 17.3 Å². The normalized spacial score (nSPS) is 10.8. The zero-order valence-electron chi connectivity index (χ0n) is 15.5. The molecular weight excluding hydrogens is 392 g/mol. The van der Waals surface area contributed by atoms with Crippen LogP contribution in [0.15, 0.2) is 60.8 Å². The third-order valence-electron chi connectivity index (χ3n) is 4.38. The van der Waals surface area contributed by atoms with E-state index in [4.69, 9.17) is 26.8 Å². The van der Waals surface area contributed by atoms with Gasteiger partial charge in [0.05, 0.1) is 24.4 Å². The maximum absolute atomic E-state index is 12.3. The lowest BCUT2D eigenvalue weighted by molar-refractivity contribution is 0.0589. The van der Waals surface area contributed by atoms with Crippen molar-refractivity contribution in [3.63, 3.8) is 0 Å². The quantitative estimate of drug-likeness (QED) is 0.501. The fourth-order valence-electron chi connectivity index (χ4n) is 3.00. The Hall–Kier alpha value is -3.58. The van der Waals surface area contributed by atoms with Crippen LogP contribution in [0.3, 0.4) is 0 Å². The lowest BCUT2D eigenvalue weighted by atomic mass is 10.2. The minimum atomic E-state index is -0.638. The van der Waals surface area contributed by atoms with Gasteiger partial charge in [0.2, 0.25) is 0 Å². The van der Waals surface area contributed by atoms with Crippen LogP contribution in [0, 0.1) is 0 Å². The Morgan fingerprint density at radius 3 is 2.55 bits per heavy atom. The Labute approximate surface area is 171 Å². The maximum Gasteiger partial charge on any atom is 0.360 e. The van der Waals surface area contributed by atoms with Crippen molar-refractivity contribution < 1.29 is 14.3 Å². The molecule has 0 fully saturated rings. The van der Waals surface area contributed by atoms with Gasteiger partial charge >= 0.3 is 5.97 Å². The molecule has 4 aromatic rings. The van der Waals surface area contributed by atoms with E-state index in [2.05, 4.69) is 10.1 Å². The zero-order chi connectivity index (χ0) is 20.4. The van der Waals surface area contributed by atoms with Gasteiger partial charge in [-0.1, -0.05) is 41.9 Å². The minimum Gasteiger partial charge on any atom is -0.486 e. The van der Waals surface area contributed by atoms with Gasteiger partial charge in [0.1, 0.15) is 12.1 Å². The number of nitrogens with zero attached hydrogens (tertiary/aromatic N) is 3. The molecule has 0 aliphatic carbocycles. The largest absolute Gasteiger partial charge is 0.486 e. The Kier molecular flexibility index (Phi) is 5.05. The fourth-order valence-corrected chi connectivity index (χ4v) is 3.13. The number of hydrogen-bond acceptors (Lipinski definition) is 6. The van der Waals surface area contributed by atoms with E-state index in [1.807, 2.05) is 42.5 Å². The van der Waals surface area contributed by atoms with Crippen LogP contribution in [0.25, 0.3) is 16.6 Å². The van der Waals surface area contributed by atoms with Crippen LogP contribution < -0.4 is 10.5 Å². The number of fused-ring (bicyclic) bond motifs is 1. The minimum absolute atomic E-state index is 0.00378. The van der Waals surface area contributed by atoms with Crippen LogP contribution in [-0.2, 0) is 11.3 Å². The number of carbonyl (C=O) groups is 1. The molecule has 0 saturated carbocycles. The molecule has 2 N–H and O–H groups in total. The van der Waals surface area contributed by atoms with Gasteiger partial charge in [-0.2, -0.15) is 5.10 Å². The number of methoxy groups -OCH3 is 1. The zero-order valence-corrected chi connectivity index (χ0v) is 16.3. The third kappa shape index (κ3) is 3.60. The van der Waals surface area contributed by atoms with Crippen molar-refractivity contribution in [1.29, 1.82) is 0 Å². The Morgan fingerprint density at radius 1 is 1.14 bits per heavy atom. The first kappa shape index (κ1) is 18.8. The maximum atomic E-state index is 12.3. The highest BCUT2D eigenvalue weighted by molar-refractivity contribution is 6.30. The Balaban J connectivity index is 1.85. The molecule has 0 amide bonds. The SMILES string of the molecule is COC(=O)c1nc(N)c2c(cnn2-c2ccc(Cl)cc2)c1OCc1ccccc1. The lowest BCUT2D eigenvalue weighted by Gasteiger charge is -2.13. The number of carbonyl (C=O) groups excluding carboxylic acids is 1. The molecule has 7 nitrogen and oxygen atoms in total. The van der Waals surface area contributed by atoms with Crippen molar-refractivity contribution in [2.24, 2.45) is 0 Å². The Morgan fingerprint density at radius 2 is 1.86 bits per heavy atom. The van der Waals surface area contributed by atoms with E-state index >= 15 is 0 Å². The number of benzene rings is 2. The third-order valence-corrected chi connectivity index (χ3v) is 4.63. The van der Waals surface area contributed by atoms with Crippen LogP contribution in [0.5, 0.6) is 5.75 Å². The number of nitrogens with two attached hydrogens (primary N) is 1. The molecule has 0 atom stereocenters. The summed E-state index contributed by atoms with van der Waals surface area (Å²) in [6, 6.07) is 16.7. The molecule has 29 heavy (non-hydrogen) atoms. The molecule has 4 rings (SSSR count). The van der Waals surface area contributed by atoms with Gasteiger partial charge < -0.3 is 15.2 Å². The standard InChI is InChI=1S/C21H17ClN4O3/c1-28-21(27)17-19(29-12-13-5-3-2-4-6-13)16-11-24-26(18(16)20(23)25-17)15-9-7-14(22)8-10-15/h2-11H,12H2,1H3,(H2,23,25). The second-order valence-electron chi connectivity index (χ2n) is 6.24. The summed E-state index contributed by atoms with van der Waals surface area (Å²) in [6.45, 7) is 0.248. The molecule has 0 aliphatic rings. The summed E-state index contributed by atoms with van der Waals surface area (Å²) in [5.41, 5.74) is 8.40. The fraction of sp³-hybridized carbons (Fsp3) is 0.0952. The molecule has 0 spiro atoms. The van der Waals surface area contributed by atoms with Crippen molar-refractivity contribution in [1.82, 2.24) is 14.8 Å². The summed E-state index contributed by atoms with van der Waals surface area (Å²) >= 11 is 5.98. The molecule has 0 radical (unpaired) electrons. The number of hydrogen-bond donors (Lipinski definition) is 1. The molecule has 0 saturated heterocycles. The van der Waals surface area contributed by atoms with Crippen molar-refractivity contribution in [3.8, 4) is 11.4 Å². The number of aromatic nitrogens is 3. The average Bonchev–Trinajstić information content (AvgIpc) is 3.19. The average molecular weight is 409 g/mol. The number of nitrogen functional groups attached to an aromatic ring is 1. The second-order valence-corrected chi connectivity index (χ2v) is 6.67. The molecule has 2 aromatic carbocycles. The van der Waals surface area contributed by atoms with Crippen molar-refractivity contribution in [3.05, 3.63) is 77.1 Å². The van der Waals surface area contributed by atoms with E-state index in [1.165, 1.54) is 7.11 Å². The predicted octanol–water partition coefficient (Wildman–Crippen LogP) is 4.02. The van der Waals surface area contributed by atoms with E-state index in [9.17, 15) is 4.79 Å². The van der Waals surface area contributed by atoms with Crippen LogP contribution in [0.2, 0.25) is 5.02 Å². The van der Waals surface area contributed by atoms with E-state index in [1.54, 1.807) is 23.0 Å². The monoisotopic (exact) mass is 408 g/mol. The molecule has 0 aliphatic heterocycles. The van der Waals surface area contributed by atoms with Gasteiger partial charge in [-0.25, -0.2) is 14.5 Å². The van der Waals surface area contributed by atoms with Crippen LogP contribution >= 0.6 is 11.6 Å². The molecule has 0 bridgehead atoms. The summed E-state index contributed by atoms with van der Waals surface area (Å²) in [6.07, 6.45) is 1.59. The van der Waals surface area contributed by atoms with Crippen molar-refractivity contribution in [2.45, 2.75) is 6.61 Å². The van der Waals surface area contributed by atoms with Gasteiger partial charge in [0.25, 0.3) is 0 Å². The van der Waals surface area contributed by atoms with Gasteiger partial charge in [-0.15, -0.1) is 0 Å². The summed E-state index contributed by atoms with van der Waals surface area (Å²) in [4.78, 5) is 16.5. The highest BCUT2D eigenvalue weighted by Gasteiger charge is 2.24. The van der Waals surface area contributed by atoms with E-state index < -0.39 is 5.97 Å². The highest BCUT2D eigenvalue weighted by Crippen LogP contribution is 2.34. The first-order chi connectivity index (χ1) is 14.1. The van der Waals surface area contributed by atoms with E-state index in [-0.39, 0.29) is 23.9 Å². The molecular formula is C21H17ClN4O3. The highest BCUT2D eigenvalue weighted by atomic mass is 35.5. The van der Waals surface area contributed by atoms with E-state index in [0.29, 0.717) is 15.9 Å². The molecule has 8 heteroatoms. The first-order valence-corrected chi connectivity index (χ1v) is 9.14. The van der Waals surface area contributed by atoms with Crippen LogP contribution in [-0.4, -0.2) is 27.8 Å². The van der Waals surface area contributed by atoms with Crippen LogP contribution in [0.1, 0.15) is 16.1 Å². The van der Waals surface area contributed by atoms with Gasteiger partial charge in [0, 0.05) is 5.02 Å². The summed E-state index contributed by atoms with van der Waals surface area (Å²) in [5, 5.41) is 5.59. The summed E-state index contributed by atoms with van der Waals surface area (Å²) in [7, 11) is 1.28. The number of rotatable bonds is 5. The second kappa shape index (κ2) is 7.81. The van der Waals surface area contributed by atoms with Gasteiger partial charge in [-0.05, 0) is 29.8 Å². The Bertz CT molecular complexity index is 1170. The lowest BCUT2D eigenvalue weighted by Crippen LogP contribution is -2.11. The number of halogens is 1. The summed E-state index contributed by atoms with van der Waals surface area (Å²) < 4.78 is 12.5. The van der Waals surface area contributed by atoms with Crippen molar-refractivity contribution >= 4 is 34.3 Å². The molecule has 2 heterocycles. The number of anilines is 1. The van der Waals surface area contributed by atoms with E-state index in [0.717, 1.165) is 11.3 Å². The molecule has 0 unspecified atom stereocenters. The summed E-state index contributed by atoms with van der Waals surface area (Å²) in [5.74, 6) is -0.231. The van der Waals surface area contributed by atoms with Gasteiger partial charge in [-0.3, -0.25) is 0 Å². The van der Waals surface area contributed by atoms with Crippen molar-refractivity contribution in [2.75, 3.05) is 12.8 Å². The first-order valence-electron chi connectivity index (χ1n) is 8.76. The molecule has 146 valence electrons. The predicted molar refractivity (Wildman–Crippen MR) is 110 cm³/mol. The molecule has 2 aromatic heterocycles. The number of ether oxygens (including phenoxy) is 2. The topological polar surface area (TPSA) is 92.3 Å². The smallest absolute Gasteiger partial charge is 0.360 e.